The monoisotopic (exact) mass is 425 g/mol. The van der Waals surface area contributed by atoms with Crippen LogP contribution in [-0.2, 0) is 10.0 Å². The molecule has 4 rings (SSSR count). The molecule has 0 aromatic heterocycles. The second-order valence-corrected chi connectivity index (χ2v) is 9.03. The largest absolute Gasteiger partial charge is 0.506 e. The molecule has 0 bridgehead atoms. The molecular formula is C22H16FNO3S2. The van der Waals surface area contributed by atoms with Crippen molar-refractivity contribution in [3.8, 4) is 5.75 Å². The fourth-order valence-corrected chi connectivity index (χ4v) is 5.06. The van der Waals surface area contributed by atoms with Crippen LogP contribution in [-0.4, -0.2) is 13.5 Å². The molecule has 0 aliphatic heterocycles. The maximum atomic E-state index is 14.1. The molecule has 0 saturated heterocycles. The van der Waals surface area contributed by atoms with E-state index < -0.39 is 20.7 Å². The molecule has 4 aromatic rings. The van der Waals surface area contributed by atoms with E-state index in [0.717, 1.165) is 11.0 Å². The van der Waals surface area contributed by atoms with Gasteiger partial charge < -0.3 is 5.11 Å². The van der Waals surface area contributed by atoms with Gasteiger partial charge in [-0.3, -0.25) is 4.72 Å². The van der Waals surface area contributed by atoms with E-state index in [1.165, 1.54) is 30.0 Å². The predicted octanol–water partition coefficient (Wildman–Crippen LogP) is 5.64. The SMILES string of the molecule is O=S(=O)(Nc1cc(Sc2ccccc2)c(O)c2ccccc12)c1ccccc1F. The molecule has 0 saturated carbocycles. The van der Waals surface area contributed by atoms with Gasteiger partial charge in [0, 0.05) is 15.7 Å². The normalized spacial score (nSPS) is 11.5. The molecule has 4 nitrogen and oxygen atoms in total. The van der Waals surface area contributed by atoms with Crippen molar-refractivity contribution in [2.24, 2.45) is 0 Å². The zero-order valence-corrected chi connectivity index (χ0v) is 16.7. The van der Waals surface area contributed by atoms with Crippen molar-refractivity contribution in [2.45, 2.75) is 14.7 Å². The van der Waals surface area contributed by atoms with Crippen LogP contribution in [0.1, 0.15) is 0 Å². The fraction of sp³-hybridized carbons (Fsp3) is 0. The molecule has 0 aliphatic rings. The standard InChI is InChI=1S/C22H16FNO3S2/c23-18-12-6-7-13-21(18)29(26,27)24-19-14-20(28-15-8-2-1-3-9-15)22(25)17-11-5-4-10-16(17)19/h1-14,24-25H. The van der Waals surface area contributed by atoms with Crippen LogP contribution >= 0.6 is 11.8 Å². The molecule has 29 heavy (non-hydrogen) atoms. The van der Waals surface area contributed by atoms with Gasteiger partial charge in [-0.2, -0.15) is 0 Å². The van der Waals surface area contributed by atoms with Crippen molar-refractivity contribution in [3.63, 3.8) is 0 Å². The Morgan fingerprint density at radius 2 is 1.45 bits per heavy atom. The Balaban J connectivity index is 1.83. The highest BCUT2D eigenvalue weighted by molar-refractivity contribution is 7.99. The van der Waals surface area contributed by atoms with Gasteiger partial charge in [0.05, 0.1) is 10.6 Å². The molecule has 0 heterocycles. The van der Waals surface area contributed by atoms with Gasteiger partial charge in [0.2, 0.25) is 0 Å². The molecule has 0 unspecified atom stereocenters. The number of nitrogens with one attached hydrogen (secondary N) is 1. The number of halogens is 1. The van der Waals surface area contributed by atoms with E-state index in [-0.39, 0.29) is 11.4 Å². The van der Waals surface area contributed by atoms with E-state index in [9.17, 15) is 17.9 Å². The Hall–Kier alpha value is -3.03. The minimum absolute atomic E-state index is 0.0586. The number of rotatable bonds is 5. The Morgan fingerprint density at radius 3 is 2.17 bits per heavy atom. The summed E-state index contributed by atoms with van der Waals surface area (Å²) < 4.78 is 42.1. The zero-order valence-electron chi connectivity index (χ0n) is 15.0. The molecule has 2 N–H and O–H groups in total. The average molecular weight is 426 g/mol. The van der Waals surface area contributed by atoms with Crippen LogP contribution in [0.15, 0.2) is 99.6 Å². The van der Waals surface area contributed by atoms with Gasteiger partial charge >= 0.3 is 0 Å². The van der Waals surface area contributed by atoms with Gasteiger partial charge in [-0.05, 0) is 30.3 Å². The second-order valence-electron chi connectivity index (χ2n) is 6.27. The summed E-state index contributed by atoms with van der Waals surface area (Å²) in [4.78, 5) is 0.941. The Bertz CT molecular complexity index is 1290. The van der Waals surface area contributed by atoms with E-state index in [0.29, 0.717) is 15.7 Å². The lowest BCUT2D eigenvalue weighted by Gasteiger charge is -2.15. The van der Waals surface area contributed by atoms with Crippen LogP contribution in [0.5, 0.6) is 5.75 Å². The molecule has 0 atom stereocenters. The fourth-order valence-electron chi connectivity index (χ4n) is 2.97. The lowest BCUT2D eigenvalue weighted by atomic mass is 10.1. The summed E-state index contributed by atoms with van der Waals surface area (Å²) in [5, 5.41) is 11.8. The predicted molar refractivity (Wildman–Crippen MR) is 113 cm³/mol. The molecule has 0 amide bonds. The van der Waals surface area contributed by atoms with Crippen molar-refractivity contribution in [2.75, 3.05) is 4.72 Å². The minimum atomic E-state index is -4.15. The van der Waals surface area contributed by atoms with Gasteiger partial charge in [0.15, 0.2) is 0 Å². The van der Waals surface area contributed by atoms with Crippen LogP contribution in [0.2, 0.25) is 0 Å². The molecular weight excluding hydrogens is 409 g/mol. The van der Waals surface area contributed by atoms with Crippen molar-refractivity contribution < 1.29 is 17.9 Å². The summed E-state index contributed by atoms with van der Waals surface area (Å²) in [5.74, 6) is -0.773. The first-order valence-corrected chi connectivity index (χ1v) is 11.0. The van der Waals surface area contributed by atoms with Crippen molar-refractivity contribution in [3.05, 3.63) is 90.7 Å². The molecule has 0 radical (unpaired) electrons. The number of fused-ring (bicyclic) bond motifs is 1. The van der Waals surface area contributed by atoms with Gasteiger partial charge in [0.1, 0.15) is 16.5 Å². The first kappa shape index (κ1) is 19.3. The lowest BCUT2D eigenvalue weighted by molar-refractivity contribution is 0.469. The molecule has 7 heteroatoms. The number of hydrogen-bond acceptors (Lipinski definition) is 4. The highest BCUT2D eigenvalue weighted by atomic mass is 32.2. The summed E-state index contributed by atoms with van der Waals surface area (Å²) in [7, 11) is -4.15. The summed E-state index contributed by atoms with van der Waals surface area (Å²) in [6.45, 7) is 0. The highest BCUT2D eigenvalue weighted by Gasteiger charge is 2.21. The number of hydrogen-bond donors (Lipinski definition) is 2. The molecule has 0 spiro atoms. The maximum Gasteiger partial charge on any atom is 0.264 e. The quantitative estimate of drug-likeness (QED) is 0.406. The zero-order chi connectivity index (χ0) is 20.4. The summed E-state index contributed by atoms with van der Waals surface area (Å²) in [6, 6.07) is 23.1. The van der Waals surface area contributed by atoms with E-state index in [4.69, 9.17) is 0 Å². The van der Waals surface area contributed by atoms with E-state index in [1.54, 1.807) is 30.3 Å². The number of phenolic OH excluding ortho intramolecular Hbond substituents is 1. The number of benzene rings is 4. The third-order valence-corrected chi connectivity index (χ3v) is 6.76. The van der Waals surface area contributed by atoms with Crippen molar-refractivity contribution >= 4 is 38.2 Å². The first-order chi connectivity index (χ1) is 14.0. The molecule has 4 aromatic carbocycles. The van der Waals surface area contributed by atoms with Gasteiger partial charge in [0.25, 0.3) is 10.0 Å². The van der Waals surface area contributed by atoms with Crippen LogP contribution in [0.3, 0.4) is 0 Å². The average Bonchev–Trinajstić information content (AvgIpc) is 2.72. The Morgan fingerprint density at radius 1 is 0.828 bits per heavy atom. The van der Waals surface area contributed by atoms with Crippen molar-refractivity contribution in [1.29, 1.82) is 0 Å². The van der Waals surface area contributed by atoms with Crippen LogP contribution in [0.25, 0.3) is 10.8 Å². The molecule has 0 aliphatic carbocycles. The third kappa shape index (κ3) is 3.92. The lowest BCUT2D eigenvalue weighted by Crippen LogP contribution is -2.14. The smallest absolute Gasteiger partial charge is 0.264 e. The topological polar surface area (TPSA) is 66.4 Å². The van der Waals surface area contributed by atoms with Gasteiger partial charge in [-0.25, -0.2) is 12.8 Å². The van der Waals surface area contributed by atoms with Gasteiger partial charge in [-0.15, -0.1) is 0 Å². The maximum absolute atomic E-state index is 14.1. The molecule has 146 valence electrons. The van der Waals surface area contributed by atoms with Gasteiger partial charge in [-0.1, -0.05) is 66.4 Å². The summed E-state index contributed by atoms with van der Waals surface area (Å²) >= 11 is 1.31. The number of phenols is 1. The van der Waals surface area contributed by atoms with E-state index in [1.807, 2.05) is 30.3 Å². The second kappa shape index (κ2) is 7.77. The number of aromatic hydroxyl groups is 1. The van der Waals surface area contributed by atoms with Crippen LogP contribution in [0.4, 0.5) is 10.1 Å². The third-order valence-electron chi connectivity index (χ3n) is 4.32. The number of anilines is 1. The summed E-state index contributed by atoms with van der Waals surface area (Å²) in [6.07, 6.45) is 0. The van der Waals surface area contributed by atoms with E-state index in [2.05, 4.69) is 4.72 Å². The minimum Gasteiger partial charge on any atom is -0.506 e. The molecule has 0 fully saturated rings. The Kier molecular flexibility index (Phi) is 5.17. The highest BCUT2D eigenvalue weighted by Crippen LogP contribution is 2.42. The van der Waals surface area contributed by atoms with Crippen LogP contribution < -0.4 is 4.72 Å². The summed E-state index contributed by atoms with van der Waals surface area (Å²) in [5.41, 5.74) is 0.264. The number of sulfonamides is 1. The Labute approximate surface area is 172 Å². The van der Waals surface area contributed by atoms with Crippen molar-refractivity contribution in [1.82, 2.24) is 0 Å². The van der Waals surface area contributed by atoms with Crippen LogP contribution in [0, 0.1) is 5.82 Å². The van der Waals surface area contributed by atoms with E-state index >= 15 is 0 Å². The first-order valence-electron chi connectivity index (χ1n) is 8.71.